The molecule has 5 saturated carbocycles. The van der Waals surface area contributed by atoms with Gasteiger partial charge in [-0.1, -0.05) is 76.2 Å². The smallest absolute Gasteiger partial charge is 0.318 e. The number of fused-ring (bicyclic) bond motifs is 9. The number of nitrogens with zero attached hydrogens (tertiary/aromatic N) is 4. The normalized spacial score (nSPS) is 42.7. The lowest BCUT2D eigenvalue weighted by Gasteiger charge is -2.72. The molecule has 2 saturated heterocycles. The highest BCUT2D eigenvalue weighted by atomic mass is 16.6. The van der Waals surface area contributed by atoms with E-state index in [0.29, 0.717) is 31.1 Å². The lowest BCUT2D eigenvalue weighted by molar-refractivity contribution is -0.236. The molecular formula is C51H77N5O6. The van der Waals surface area contributed by atoms with Crippen LogP contribution in [0.2, 0.25) is 0 Å². The van der Waals surface area contributed by atoms with Gasteiger partial charge >= 0.3 is 12.0 Å². The van der Waals surface area contributed by atoms with Crippen molar-refractivity contribution < 1.29 is 28.7 Å². The number of ether oxygens (including phenoxy) is 2. The molecule has 1 aromatic heterocycles. The van der Waals surface area contributed by atoms with Gasteiger partial charge in [-0.3, -0.25) is 14.4 Å². The van der Waals surface area contributed by atoms with Gasteiger partial charge in [-0.25, -0.2) is 4.79 Å². The van der Waals surface area contributed by atoms with Crippen LogP contribution in [0.5, 0.6) is 0 Å². The third-order valence-electron chi connectivity index (χ3n) is 20.4. The summed E-state index contributed by atoms with van der Waals surface area (Å²) < 4.78 is 14.1. The third kappa shape index (κ3) is 6.05. The van der Waals surface area contributed by atoms with Gasteiger partial charge in [0.05, 0.1) is 11.5 Å². The van der Waals surface area contributed by atoms with Crippen LogP contribution in [0, 0.1) is 63.6 Å². The number of allylic oxidation sites excluding steroid dienone is 1. The number of esters is 1. The molecule has 8 aliphatic rings. The van der Waals surface area contributed by atoms with E-state index < -0.39 is 11.0 Å². The number of hydrogen-bond donors (Lipinski definition) is 1. The second-order valence-electron chi connectivity index (χ2n) is 24.4. The molecule has 0 radical (unpaired) electrons. The van der Waals surface area contributed by atoms with Gasteiger partial charge in [0.25, 0.3) is 6.47 Å². The molecule has 2 unspecified atom stereocenters. The summed E-state index contributed by atoms with van der Waals surface area (Å²) in [5.41, 5.74) is 1.14. The lowest BCUT2D eigenvalue weighted by Crippen LogP contribution is -2.68. The first-order chi connectivity index (χ1) is 29.1. The second kappa shape index (κ2) is 14.6. The summed E-state index contributed by atoms with van der Waals surface area (Å²) in [5, 5.41) is 12.7. The quantitative estimate of drug-likeness (QED) is 0.202. The van der Waals surface area contributed by atoms with E-state index in [1.165, 1.54) is 5.57 Å². The summed E-state index contributed by atoms with van der Waals surface area (Å²) in [5.74, 6) is 3.34. The van der Waals surface area contributed by atoms with Crippen molar-refractivity contribution in [2.75, 3.05) is 0 Å². The highest BCUT2D eigenvalue weighted by Gasteiger charge is 2.71. The van der Waals surface area contributed by atoms with Crippen molar-refractivity contribution in [2.24, 2.45) is 56.7 Å². The molecule has 7 fully saturated rings. The Hall–Kier alpha value is -3.24. The summed E-state index contributed by atoms with van der Waals surface area (Å²) in [6, 6.07) is 0.638. The standard InChI is InChI=1S/C51H77N5O6/c1-28(2)41-36(58)26-51(52-45(60)56-31-13-14-32(56)24-33(23-31)55-30(5)53-54-43(55)29(3)4)22-21-49(11)34(42(41)51)15-16-38-48(10)19-18-39(47(8,9)37(48)17-20-50(38,49)12)62-44(59)35-25-40(61-27-57)46(35,6)7/h27-29,31-35,37-40H,13-26H2,1-12H3,(H,52,60)/t31?,32?,33?,34-,35-,37+,38-,39+,40-,48+,49-,50-,51-/m1/s1. The fraction of sp³-hybridized carbons (Fsp3) is 0.843. The minimum absolute atomic E-state index is 0.0240. The van der Waals surface area contributed by atoms with Crippen LogP contribution in [-0.4, -0.2) is 73.8 Å². The van der Waals surface area contributed by atoms with Gasteiger partial charge in [0.2, 0.25) is 0 Å². The van der Waals surface area contributed by atoms with E-state index in [-0.39, 0.29) is 93.4 Å². The topological polar surface area (TPSA) is 133 Å². The predicted molar refractivity (Wildman–Crippen MR) is 237 cm³/mol. The number of ketones is 1. The SMILES string of the molecule is Cc1nnc(C(C)C)n1C1CC2CCC(C1)N2C(=O)N[C@@]12CC[C@]3(C)[C@H](CC[C@@H]4[C@@]5(C)CC[C@H](OC(=O)[C@H]6C[C@@H](OC=O)C6(C)C)C(C)(C)[C@@H]5CC[C@]43C)C1=C(C(C)C)C(=O)C2. The van der Waals surface area contributed by atoms with Gasteiger partial charge in [-0.15, -0.1) is 10.2 Å². The molecule has 3 heterocycles. The molecule has 9 rings (SSSR count). The zero-order chi connectivity index (χ0) is 44.7. The largest absolute Gasteiger partial charge is 0.464 e. The zero-order valence-electron chi connectivity index (χ0n) is 40.1. The van der Waals surface area contributed by atoms with Crippen molar-refractivity contribution in [1.29, 1.82) is 0 Å². The summed E-state index contributed by atoms with van der Waals surface area (Å²) in [6.07, 6.45) is 12.3. The minimum Gasteiger partial charge on any atom is -0.464 e. The molecule has 12 atom stereocenters. The Labute approximate surface area is 371 Å². The Morgan fingerprint density at radius 1 is 0.758 bits per heavy atom. The lowest BCUT2D eigenvalue weighted by atomic mass is 9.33. The van der Waals surface area contributed by atoms with Crippen molar-refractivity contribution in [1.82, 2.24) is 25.0 Å². The summed E-state index contributed by atoms with van der Waals surface area (Å²) in [6.45, 7) is 27.7. The van der Waals surface area contributed by atoms with Crippen LogP contribution in [0.25, 0.3) is 0 Å². The summed E-state index contributed by atoms with van der Waals surface area (Å²) >= 11 is 0. The first-order valence-corrected chi connectivity index (χ1v) is 24.6. The molecule has 11 heteroatoms. The highest BCUT2D eigenvalue weighted by molar-refractivity contribution is 6.02. The molecule has 11 nitrogen and oxygen atoms in total. The van der Waals surface area contributed by atoms with Gasteiger partial charge in [0.15, 0.2) is 5.78 Å². The highest BCUT2D eigenvalue weighted by Crippen LogP contribution is 2.76. The number of carbonyl (C=O) groups excluding carboxylic acids is 4. The molecule has 0 spiro atoms. The Morgan fingerprint density at radius 2 is 1.45 bits per heavy atom. The number of Topliss-reactive ketones (excluding diaryl/α,β-unsaturated/α-hetero) is 1. The fourth-order valence-electron chi connectivity index (χ4n) is 16.9. The van der Waals surface area contributed by atoms with Crippen molar-refractivity contribution in [3.05, 3.63) is 22.8 Å². The van der Waals surface area contributed by atoms with Crippen LogP contribution in [0.1, 0.15) is 190 Å². The average Bonchev–Trinajstić information content (AvgIpc) is 3.82. The maximum atomic E-state index is 14.9. The van der Waals surface area contributed by atoms with E-state index in [1.54, 1.807) is 0 Å². The Morgan fingerprint density at radius 3 is 2.08 bits per heavy atom. The van der Waals surface area contributed by atoms with Crippen molar-refractivity contribution in [2.45, 2.75) is 215 Å². The number of hydrogen-bond acceptors (Lipinski definition) is 8. The average molecular weight is 856 g/mol. The van der Waals surface area contributed by atoms with Crippen LogP contribution in [0.4, 0.5) is 4.79 Å². The first kappa shape index (κ1) is 44.0. The number of amides is 2. The molecule has 1 aromatic rings. The Balaban J connectivity index is 0.952. The van der Waals surface area contributed by atoms with Gasteiger partial charge in [-0.2, -0.15) is 0 Å². The number of piperidine rings is 1. The molecular weight excluding hydrogens is 779 g/mol. The number of aromatic nitrogens is 3. The number of rotatable bonds is 8. The predicted octanol–water partition coefficient (Wildman–Crippen LogP) is 9.82. The van der Waals surface area contributed by atoms with Crippen LogP contribution >= 0.6 is 0 Å². The van der Waals surface area contributed by atoms with E-state index in [9.17, 15) is 19.2 Å². The van der Waals surface area contributed by atoms with Crippen molar-refractivity contribution in [3.8, 4) is 0 Å². The van der Waals surface area contributed by atoms with E-state index in [4.69, 9.17) is 9.47 Å². The maximum absolute atomic E-state index is 14.9. The molecule has 0 aromatic carbocycles. The second-order valence-corrected chi connectivity index (χ2v) is 24.4. The molecule has 6 aliphatic carbocycles. The molecule has 2 aliphatic heterocycles. The van der Waals surface area contributed by atoms with E-state index >= 15 is 0 Å². The van der Waals surface area contributed by atoms with Crippen LogP contribution in [-0.2, 0) is 23.9 Å². The summed E-state index contributed by atoms with van der Waals surface area (Å²) in [7, 11) is 0. The van der Waals surface area contributed by atoms with E-state index in [0.717, 1.165) is 94.3 Å². The number of urea groups is 1. The first-order valence-electron chi connectivity index (χ1n) is 24.6. The number of carbonyl (C=O) groups is 4. The molecule has 342 valence electrons. The number of aryl methyl sites for hydroxylation is 1. The van der Waals surface area contributed by atoms with Gasteiger partial charge in [0, 0.05) is 41.3 Å². The van der Waals surface area contributed by atoms with Gasteiger partial charge in [0.1, 0.15) is 23.9 Å². The Kier molecular flexibility index (Phi) is 10.4. The van der Waals surface area contributed by atoms with Crippen LogP contribution < -0.4 is 5.32 Å². The van der Waals surface area contributed by atoms with Gasteiger partial charge < -0.3 is 24.3 Å². The Bertz CT molecular complexity index is 2040. The third-order valence-corrected chi connectivity index (χ3v) is 20.4. The minimum atomic E-state index is -0.632. The van der Waals surface area contributed by atoms with Gasteiger partial charge in [-0.05, 0) is 141 Å². The monoisotopic (exact) mass is 856 g/mol. The van der Waals surface area contributed by atoms with E-state index in [1.807, 2.05) is 13.8 Å². The molecule has 2 amide bonds. The van der Waals surface area contributed by atoms with Crippen LogP contribution in [0.3, 0.4) is 0 Å². The molecule has 1 N–H and O–H groups in total. The van der Waals surface area contributed by atoms with E-state index in [2.05, 4.69) is 94.2 Å². The zero-order valence-corrected chi connectivity index (χ0v) is 40.1. The van der Waals surface area contributed by atoms with Crippen LogP contribution in [0.15, 0.2) is 11.1 Å². The van der Waals surface area contributed by atoms with Crippen molar-refractivity contribution >= 4 is 24.3 Å². The molecule has 2 bridgehead atoms. The molecule has 62 heavy (non-hydrogen) atoms. The van der Waals surface area contributed by atoms with Crippen molar-refractivity contribution in [3.63, 3.8) is 0 Å². The fourth-order valence-corrected chi connectivity index (χ4v) is 16.9. The number of nitrogens with one attached hydrogen (secondary N) is 1. The summed E-state index contributed by atoms with van der Waals surface area (Å²) in [4.78, 5) is 56.3. The maximum Gasteiger partial charge on any atom is 0.318 e.